The average Bonchev–Trinajstić information content (AvgIpc) is 2.98. The molecule has 1 N–H and O–H groups in total. The van der Waals surface area contributed by atoms with Crippen LogP contribution in [0.2, 0.25) is 9.36 Å². The first-order chi connectivity index (χ1) is 13.0. The molecule has 0 spiro atoms. The normalized spacial score (nSPS) is 11.6. The number of ketones is 1. The lowest BCUT2D eigenvalue weighted by molar-refractivity contribution is -0.131. The third-order valence-corrected chi connectivity index (χ3v) is 5.17. The number of carboxylic acids is 1. The van der Waals surface area contributed by atoms with Gasteiger partial charge in [-0.25, -0.2) is 4.79 Å². The van der Waals surface area contributed by atoms with Crippen molar-refractivity contribution in [2.24, 2.45) is 5.41 Å². The molecule has 2 aromatic rings. The zero-order valence-electron chi connectivity index (χ0n) is 15.5. The summed E-state index contributed by atoms with van der Waals surface area (Å²) in [5.74, 6) is -2.15. The van der Waals surface area contributed by atoms with Gasteiger partial charge in [0.2, 0.25) is 0 Å². The van der Waals surface area contributed by atoms with Crippen molar-refractivity contribution in [1.29, 1.82) is 0 Å². The Balaban J connectivity index is 2.55. The standard InChI is InChI=1S/C20H19Cl2NO4S/c1-20(2,3)11-23(16(24)8-9-17(25)26)19-13(10-15(22)28-19)18(27)12-6-4-5-7-14(12)21/h4-10H,11H2,1-3H3,(H,25,26)/b9-8+. The number of hydrogen-bond acceptors (Lipinski definition) is 4. The molecule has 2 rings (SSSR count). The average molecular weight is 440 g/mol. The van der Waals surface area contributed by atoms with E-state index in [1.165, 1.54) is 11.0 Å². The molecule has 1 aromatic heterocycles. The molecule has 0 radical (unpaired) electrons. The zero-order chi connectivity index (χ0) is 21.1. The monoisotopic (exact) mass is 439 g/mol. The number of aliphatic carboxylic acids is 1. The molecular formula is C20H19Cl2NO4S. The summed E-state index contributed by atoms with van der Waals surface area (Å²) >= 11 is 13.4. The fourth-order valence-electron chi connectivity index (χ4n) is 2.46. The molecule has 0 unspecified atom stereocenters. The minimum atomic E-state index is -1.24. The Hall–Kier alpha value is -2.15. The second-order valence-electron chi connectivity index (χ2n) is 7.23. The molecule has 0 saturated heterocycles. The maximum absolute atomic E-state index is 13.1. The van der Waals surface area contributed by atoms with Crippen molar-refractivity contribution in [2.45, 2.75) is 20.8 Å². The highest BCUT2D eigenvalue weighted by molar-refractivity contribution is 7.20. The highest BCUT2D eigenvalue weighted by Crippen LogP contribution is 2.38. The van der Waals surface area contributed by atoms with Gasteiger partial charge >= 0.3 is 5.97 Å². The number of anilines is 1. The van der Waals surface area contributed by atoms with Crippen molar-refractivity contribution >= 4 is 57.2 Å². The fraction of sp³-hybridized carbons (Fsp3) is 0.250. The summed E-state index contributed by atoms with van der Waals surface area (Å²) in [6.45, 7) is 6.05. The third-order valence-electron chi connectivity index (χ3n) is 3.56. The van der Waals surface area contributed by atoms with Gasteiger partial charge in [0.05, 0.1) is 14.9 Å². The van der Waals surface area contributed by atoms with Crippen molar-refractivity contribution in [3.8, 4) is 0 Å². The van der Waals surface area contributed by atoms with Crippen molar-refractivity contribution in [3.05, 3.63) is 63.0 Å². The van der Waals surface area contributed by atoms with Gasteiger partial charge in [0.25, 0.3) is 5.91 Å². The van der Waals surface area contributed by atoms with Gasteiger partial charge in [-0.1, -0.05) is 56.1 Å². The van der Waals surface area contributed by atoms with Crippen molar-refractivity contribution in [2.75, 3.05) is 11.4 Å². The van der Waals surface area contributed by atoms with Crippen LogP contribution in [0.1, 0.15) is 36.7 Å². The lowest BCUT2D eigenvalue weighted by Gasteiger charge is -2.29. The van der Waals surface area contributed by atoms with Crippen LogP contribution in [-0.4, -0.2) is 29.3 Å². The zero-order valence-corrected chi connectivity index (χ0v) is 17.9. The molecule has 28 heavy (non-hydrogen) atoms. The van der Waals surface area contributed by atoms with Gasteiger partial charge in [-0.3, -0.25) is 14.5 Å². The number of nitrogens with zero attached hydrogens (tertiary/aromatic N) is 1. The fourth-order valence-corrected chi connectivity index (χ4v) is 3.90. The van der Waals surface area contributed by atoms with Crippen LogP contribution >= 0.6 is 34.5 Å². The van der Waals surface area contributed by atoms with Gasteiger partial charge in [-0.2, -0.15) is 0 Å². The number of rotatable bonds is 6. The van der Waals surface area contributed by atoms with E-state index in [0.717, 1.165) is 23.5 Å². The quantitative estimate of drug-likeness (QED) is 0.488. The largest absolute Gasteiger partial charge is 0.478 e. The Bertz CT molecular complexity index is 944. The van der Waals surface area contributed by atoms with Crippen molar-refractivity contribution in [3.63, 3.8) is 0 Å². The van der Waals surface area contributed by atoms with Crippen molar-refractivity contribution < 1.29 is 19.5 Å². The highest BCUT2D eigenvalue weighted by Gasteiger charge is 2.28. The molecular weight excluding hydrogens is 421 g/mol. The minimum absolute atomic E-state index is 0.240. The second kappa shape index (κ2) is 8.90. The van der Waals surface area contributed by atoms with E-state index in [1.54, 1.807) is 24.3 Å². The molecule has 1 heterocycles. The number of hydrogen-bond donors (Lipinski definition) is 1. The Morgan fingerprint density at radius 2 is 1.75 bits per heavy atom. The Labute approximate surface area is 177 Å². The SMILES string of the molecule is CC(C)(C)CN(C(=O)/C=C/C(=O)O)c1sc(Cl)cc1C(=O)c1ccccc1Cl. The van der Waals surface area contributed by atoms with Gasteiger partial charge in [0.1, 0.15) is 5.00 Å². The van der Waals surface area contributed by atoms with Crippen LogP contribution < -0.4 is 4.90 Å². The first-order valence-corrected chi connectivity index (χ1v) is 9.88. The van der Waals surface area contributed by atoms with E-state index >= 15 is 0 Å². The molecule has 8 heteroatoms. The molecule has 1 amide bonds. The topological polar surface area (TPSA) is 74.7 Å². The summed E-state index contributed by atoms with van der Waals surface area (Å²) in [5.41, 5.74) is 0.224. The van der Waals surface area contributed by atoms with Gasteiger partial charge in [-0.05, 0) is 23.6 Å². The van der Waals surface area contributed by atoms with Crippen LogP contribution in [0.4, 0.5) is 5.00 Å². The van der Waals surface area contributed by atoms with E-state index < -0.39 is 11.9 Å². The number of carbonyl (C=O) groups is 3. The van der Waals surface area contributed by atoms with E-state index in [9.17, 15) is 14.4 Å². The summed E-state index contributed by atoms with van der Waals surface area (Å²) in [6, 6.07) is 8.11. The number of carbonyl (C=O) groups excluding carboxylic acids is 2. The van der Waals surface area contributed by atoms with E-state index in [-0.39, 0.29) is 23.3 Å². The molecule has 0 aliphatic heterocycles. The molecule has 0 aliphatic rings. The van der Waals surface area contributed by atoms with Crippen LogP contribution in [0.25, 0.3) is 0 Å². The number of benzene rings is 1. The predicted molar refractivity (Wildman–Crippen MR) is 113 cm³/mol. The summed E-state index contributed by atoms with van der Waals surface area (Å²) in [4.78, 5) is 38.0. The van der Waals surface area contributed by atoms with E-state index in [1.807, 2.05) is 20.8 Å². The summed E-state index contributed by atoms with van der Waals surface area (Å²) in [5, 5.41) is 9.47. The Morgan fingerprint density at radius 3 is 2.32 bits per heavy atom. The lowest BCUT2D eigenvalue weighted by atomic mass is 9.95. The van der Waals surface area contributed by atoms with Gasteiger partial charge < -0.3 is 5.11 Å². The van der Waals surface area contributed by atoms with Crippen LogP contribution in [0, 0.1) is 5.41 Å². The number of thiophene rings is 1. The molecule has 0 atom stereocenters. The van der Waals surface area contributed by atoms with Crippen LogP contribution in [0.5, 0.6) is 0 Å². The van der Waals surface area contributed by atoms with Crippen LogP contribution in [0.15, 0.2) is 42.5 Å². The summed E-state index contributed by atoms with van der Waals surface area (Å²) in [6.07, 6.45) is 1.73. The molecule has 0 bridgehead atoms. The number of carboxylic acid groups (broad SMARTS) is 1. The third kappa shape index (κ3) is 5.67. The second-order valence-corrected chi connectivity index (χ2v) is 9.30. The van der Waals surface area contributed by atoms with E-state index in [0.29, 0.717) is 19.9 Å². The molecule has 148 valence electrons. The number of halogens is 2. The Morgan fingerprint density at radius 1 is 1.11 bits per heavy atom. The van der Waals surface area contributed by atoms with Gasteiger partial charge in [0, 0.05) is 24.3 Å². The van der Waals surface area contributed by atoms with Crippen LogP contribution in [-0.2, 0) is 9.59 Å². The van der Waals surface area contributed by atoms with E-state index in [2.05, 4.69) is 0 Å². The maximum Gasteiger partial charge on any atom is 0.328 e. The van der Waals surface area contributed by atoms with Crippen LogP contribution in [0.3, 0.4) is 0 Å². The smallest absolute Gasteiger partial charge is 0.328 e. The summed E-state index contributed by atoms with van der Waals surface area (Å²) < 4.78 is 0.333. The first kappa shape index (κ1) is 22.1. The molecule has 0 saturated carbocycles. The maximum atomic E-state index is 13.1. The van der Waals surface area contributed by atoms with Crippen molar-refractivity contribution in [1.82, 2.24) is 0 Å². The van der Waals surface area contributed by atoms with E-state index in [4.69, 9.17) is 28.3 Å². The summed E-state index contributed by atoms with van der Waals surface area (Å²) in [7, 11) is 0. The predicted octanol–water partition coefficient (Wildman–Crippen LogP) is 5.31. The molecule has 1 aromatic carbocycles. The molecule has 0 aliphatic carbocycles. The van der Waals surface area contributed by atoms with Gasteiger partial charge in [-0.15, -0.1) is 11.3 Å². The lowest BCUT2D eigenvalue weighted by Crippen LogP contribution is -2.37. The minimum Gasteiger partial charge on any atom is -0.478 e. The number of amides is 1. The molecule has 5 nitrogen and oxygen atoms in total. The first-order valence-electron chi connectivity index (χ1n) is 8.30. The Kier molecular flexibility index (Phi) is 7.04. The van der Waals surface area contributed by atoms with Gasteiger partial charge in [0.15, 0.2) is 5.78 Å². The molecule has 0 fully saturated rings. The highest BCUT2D eigenvalue weighted by atomic mass is 35.5.